The summed E-state index contributed by atoms with van der Waals surface area (Å²) in [6, 6.07) is 3.48. The fourth-order valence-corrected chi connectivity index (χ4v) is 0.662. The first-order valence-electron chi connectivity index (χ1n) is 2.83. The van der Waals surface area contributed by atoms with Gasteiger partial charge < -0.3 is 5.11 Å². The molecule has 0 atom stereocenters. The summed E-state index contributed by atoms with van der Waals surface area (Å²) in [4.78, 5) is 3.70. The number of pyridine rings is 1. The van der Waals surface area contributed by atoms with Crippen molar-refractivity contribution in [3.05, 3.63) is 24.0 Å². The van der Waals surface area contributed by atoms with E-state index in [0.717, 1.165) is 5.56 Å². The van der Waals surface area contributed by atoms with Crippen LogP contribution >= 0.6 is 0 Å². The Bertz CT molecular complexity index is 265. The molecule has 3 heteroatoms. The molecule has 0 fully saturated rings. The van der Waals surface area contributed by atoms with Gasteiger partial charge in [0.1, 0.15) is 5.75 Å². The maximum atomic E-state index is 8.87. The molecule has 0 radical (unpaired) electrons. The molecule has 0 aliphatic carbocycles. The van der Waals surface area contributed by atoms with E-state index >= 15 is 0 Å². The van der Waals surface area contributed by atoms with Gasteiger partial charge in [-0.1, -0.05) is 0 Å². The number of nitrogens with zero attached hydrogens (tertiary/aromatic N) is 2. The Morgan fingerprint density at radius 3 is 3.00 bits per heavy atom. The zero-order valence-corrected chi connectivity index (χ0v) is 5.28. The lowest BCUT2D eigenvalue weighted by Crippen LogP contribution is -1.81. The Balaban J connectivity index is 2.87. The van der Waals surface area contributed by atoms with Crippen LogP contribution in [0.25, 0.3) is 0 Å². The summed E-state index contributed by atoms with van der Waals surface area (Å²) in [7, 11) is 0. The average molecular weight is 134 g/mol. The zero-order valence-electron chi connectivity index (χ0n) is 5.28. The van der Waals surface area contributed by atoms with Gasteiger partial charge in [0.15, 0.2) is 0 Å². The van der Waals surface area contributed by atoms with Gasteiger partial charge in [-0.05, 0) is 11.6 Å². The Kier molecular flexibility index (Phi) is 1.86. The molecular formula is C7H6N2O. The summed E-state index contributed by atoms with van der Waals surface area (Å²) in [5.74, 6) is 0.104. The smallest absolute Gasteiger partial charge is 0.134 e. The molecule has 1 heterocycles. The van der Waals surface area contributed by atoms with Crippen LogP contribution in [0.1, 0.15) is 5.56 Å². The molecule has 10 heavy (non-hydrogen) atoms. The molecule has 1 aromatic heterocycles. The number of aromatic nitrogens is 1. The normalized spacial score (nSPS) is 8.70. The second kappa shape index (κ2) is 2.83. The summed E-state index contributed by atoms with van der Waals surface area (Å²) in [5, 5.41) is 17.1. The maximum Gasteiger partial charge on any atom is 0.134 e. The van der Waals surface area contributed by atoms with Gasteiger partial charge in [-0.3, -0.25) is 4.98 Å². The Morgan fingerprint density at radius 2 is 2.40 bits per heavy atom. The van der Waals surface area contributed by atoms with E-state index in [1.807, 2.05) is 6.07 Å². The van der Waals surface area contributed by atoms with E-state index in [2.05, 4.69) is 4.98 Å². The summed E-state index contributed by atoms with van der Waals surface area (Å²) < 4.78 is 0. The molecule has 50 valence electrons. The van der Waals surface area contributed by atoms with Gasteiger partial charge in [-0.25, -0.2) is 0 Å². The molecule has 0 saturated heterocycles. The van der Waals surface area contributed by atoms with Gasteiger partial charge in [-0.15, -0.1) is 0 Å². The third-order valence-corrected chi connectivity index (χ3v) is 1.06. The second-order valence-electron chi connectivity index (χ2n) is 1.89. The summed E-state index contributed by atoms with van der Waals surface area (Å²) in [6.07, 6.45) is 3.19. The zero-order chi connectivity index (χ0) is 7.40. The average Bonchev–Trinajstić information content (AvgIpc) is 1.88. The predicted molar refractivity (Wildman–Crippen MR) is 35.2 cm³/mol. The van der Waals surface area contributed by atoms with Gasteiger partial charge in [0.25, 0.3) is 0 Å². The van der Waals surface area contributed by atoms with Crippen LogP contribution in [0.2, 0.25) is 0 Å². The van der Waals surface area contributed by atoms with E-state index in [0.29, 0.717) is 6.42 Å². The molecule has 1 rings (SSSR count). The molecule has 0 spiro atoms. The van der Waals surface area contributed by atoms with Gasteiger partial charge in [0, 0.05) is 6.20 Å². The highest BCUT2D eigenvalue weighted by molar-refractivity contribution is 5.23. The van der Waals surface area contributed by atoms with E-state index in [-0.39, 0.29) is 5.75 Å². The van der Waals surface area contributed by atoms with Crippen LogP contribution in [0.15, 0.2) is 18.5 Å². The molecule has 1 aromatic rings. The molecule has 0 aromatic carbocycles. The minimum absolute atomic E-state index is 0.104. The van der Waals surface area contributed by atoms with Crippen LogP contribution in [0, 0.1) is 11.3 Å². The van der Waals surface area contributed by atoms with Crippen LogP contribution < -0.4 is 0 Å². The first-order chi connectivity index (χ1) is 4.83. The Hall–Kier alpha value is -1.56. The van der Waals surface area contributed by atoms with Gasteiger partial charge in [0.05, 0.1) is 18.7 Å². The third kappa shape index (κ3) is 1.46. The monoisotopic (exact) mass is 134 g/mol. The maximum absolute atomic E-state index is 8.87. The van der Waals surface area contributed by atoms with Gasteiger partial charge in [0.2, 0.25) is 0 Å². The first kappa shape index (κ1) is 6.56. The van der Waals surface area contributed by atoms with Crippen LogP contribution in [0.3, 0.4) is 0 Å². The standard InChI is InChI=1S/C7H6N2O/c8-2-1-6-3-7(10)5-9-4-6/h3-5,10H,1H2. The van der Waals surface area contributed by atoms with Crippen molar-refractivity contribution in [1.29, 1.82) is 5.26 Å². The Labute approximate surface area is 58.6 Å². The van der Waals surface area contributed by atoms with Crippen LogP contribution in [0.4, 0.5) is 0 Å². The lowest BCUT2D eigenvalue weighted by Gasteiger charge is -1.92. The SMILES string of the molecule is N#CCc1cncc(O)c1. The van der Waals surface area contributed by atoms with E-state index < -0.39 is 0 Å². The van der Waals surface area contributed by atoms with Gasteiger partial charge >= 0.3 is 0 Å². The molecule has 0 bridgehead atoms. The molecule has 3 nitrogen and oxygen atoms in total. The second-order valence-corrected chi connectivity index (χ2v) is 1.89. The van der Waals surface area contributed by atoms with E-state index in [4.69, 9.17) is 10.4 Å². The minimum atomic E-state index is 0.104. The molecule has 1 N–H and O–H groups in total. The fourth-order valence-electron chi connectivity index (χ4n) is 0.662. The predicted octanol–water partition coefficient (Wildman–Crippen LogP) is 0.853. The van der Waals surface area contributed by atoms with Crippen LogP contribution in [-0.2, 0) is 6.42 Å². The van der Waals surface area contributed by atoms with Crippen molar-refractivity contribution in [2.75, 3.05) is 0 Å². The molecule has 0 unspecified atom stereocenters. The number of nitriles is 1. The summed E-state index contributed by atoms with van der Waals surface area (Å²) in [6.45, 7) is 0. The fraction of sp³-hybridized carbons (Fsp3) is 0.143. The van der Waals surface area contributed by atoms with E-state index in [1.165, 1.54) is 12.3 Å². The van der Waals surface area contributed by atoms with Crippen molar-refractivity contribution in [3.8, 4) is 11.8 Å². The highest BCUT2D eigenvalue weighted by atomic mass is 16.3. The molecule has 0 amide bonds. The highest BCUT2D eigenvalue weighted by Gasteiger charge is 1.92. The first-order valence-corrected chi connectivity index (χ1v) is 2.83. The van der Waals surface area contributed by atoms with Crippen molar-refractivity contribution in [3.63, 3.8) is 0 Å². The third-order valence-electron chi connectivity index (χ3n) is 1.06. The minimum Gasteiger partial charge on any atom is -0.506 e. The summed E-state index contributed by atoms with van der Waals surface area (Å²) in [5.41, 5.74) is 0.738. The topological polar surface area (TPSA) is 56.9 Å². The number of hydrogen-bond acceptors (Lipinski definition) is 3. The Morgan fingerprint density at radius 1 is 1.60 bits per heavy atom. The number of hydrogen-bond donors (Lipinski definition) is 1. The molecule has 0 aliphatic heterocycles. The van der Waals surface area contributed by atoms with E-state index in [9.17, 15) is 0 Å². The van der Waals surface area contributed by atoms with Crippen molar-refractivity contribution in [2.24, 2.45) is 0 Å². The van der Waals surface area contributed by atoms with E-state index in [1.54, 1.807) is 6.20 Å². The lowest BCUT2D eigenvalue weighted by atomic mass is 10.2. The van der Waals surface area contributed by atoms with Crippen molar-refractivity contribution >= 4 is 0 Å². The largest absolute Gasteiger partial charge is 0.506 e. The molecule has 0 saturated carbocycles. The number of rotatable bonds is 1. The van der Waals surface area contributed by atoms with Crippen LogP contribution in [0.5, 0.6) is 5.75 Å². The highest BCUT2D eigenvalue weighted by Crippen LogP contribution is 2.07. The lowest BCUT2D eigenvalue weighted by molar-refractivity contribution is 0.472. The number of aromatic hydroxyl groups is 1. The van der Waals surface area contributed by atoms with Crippen molar-refractivity contribution < 1.29 is 5.11 Å². The summed E-state index contributed by atoms with van der Waals surface area (Å²) >= 11 is 0. The molecule has 0 aliphatic rings. The van der Waals surface area contributed by atoms with Crippen molar-refractivity contribution in [1.82, 2.24) is 4.98 Å². The van der Waals surface area contributed by atoms with Crippen LogP contribution in [-0.4, -0.2) is 10.1 Å². The van der Waals surface area contributed by atoms with Crippen molar-refractivity contribution in [2.45, 2.75) is 6.42 Å². The quantitative estimate of drug-likeness (QED) is 0.619. The molecular weight excluding hydrogens is 128 g/mol. The van der Waals surface area contributed by atoms with Gasteiger partial charge in [-0.2, -0.15) is 5.26 Å².